The third-order valence-corrected chi connectivity index (χ3v) is 4.30. The van der Waals surface area contributed by atoms with E-state index in [2.05, 4.69) is 0 Å². The van der Waals surface area contributed by atoms with Crippen molar-refractivity contribution in [1.82, 2.24) is 4.90 Å². The molecule has 1 unspecified atom stereocenters. The molecule has 0 saturated carbocycles. The van der Waals surface area contributed by atoms with E-state index < -0.39 is 0 Å². The van der Waals surface area contributed by atoms with E-state index >= 15 is 0 Å². The summed E-state index contributed by atoms with van der Waals surface area (Å²) in [5, 5.41) is 9.17. The van der Waals surface area contributed by atoms with Crippen LogP contribution >= 0.6 is 0 Å². The Bertz CT molecular complexity index is 478. The van der Waals surface area contributed by atoms with Gasteiger partial charge in [-0.2, -0.15) is 0 Å². The lowest BCUT2D eigenvalue weighted by molar-refractivity contribution is -0.0241. The minimum atomic E-state index is -0.284. The maximum absolute atomic E-state index is 12.1. The first kappa shape index (κ1) is 14.4. The lowest BCUT2D eigenvalue weighted by Crippen LogP contribution is -2.45. The number of carbonyl (C=O) groups excluding carboxylic acids is 1. The van der Waals surface area contributed by atoms with Gasteiger partial charge < -0.3 is 19.5 Å². The smallest absolute Gasteiger partial charge is 0.410 e. The second kappa shape index (κ2) is 6.45. The number of aliphatic hydroxyl groups is 1. The van der Waals surface area contributed by atoms with E-state index in [1.165, 1.54) is 0 Å². The molecule has 5 heteroatoms. The summed E-state index contributed by atoms with van der Waals surface area (Å²) in [6, 6.07) is 9.66. The Morgan fingerprint density at radius 2 is 2.19 bits per heavy atom. The van der Waals surface area contributed by atoms with Crippen molar-refractivity contribution in [3.05, 3.63) is 35.9 Å². The first-order valence-corrected chi connectivity index (χ1v) is 7.48. The summed E-state index contributed by atoms with van der Waals surface area (Å²) < 4.78 is 11.1. The van der Waals surface area contributed by atoms with Gasteiger partial charge >= 0.3 is 6.09 Å². The van der Waals surface area contributed by atoms with Crippen LogP contribution in [-0.4, -0.2) is 48.0 Å². The minimum Gasteiger partial charge on any atom is -0.445 e. The molecule has 1 N–H and O–H groups in total. The Kier molecular flexibility index (Phi) is 4.41. The number of fused-ring (bicyclic) bond motifs is 1. The van der Waals surface area contributed by atoms with Crippen LogP contribution in [0, 0.1) is 5.92 Å². The Morgan fingerprint density at radius 3 is 2.95 bits per heavy atom. The van der Waals surface area contributed by atoms with Gasteiger partial charge in [0.15, 0.2) is 0 Å². The van der Waals surface area contributed by atoms with E-state index in [0.717, 1.165) is 18.4 Å². The van der Waals surface area contributed by atoms with E-state index in [1.807, 2.05) is 30.3 Å². The standard InChI is InChI=1S/C16H21NO4/c18-10-14-8-13-6-7-17(9-15(13)21-14)16(19)20-11-12-4-2-1-3-5-12/h1-5,13-15,18H,6-11H2/t13-,14?,15-/m0/s1. The molecule has 0 aliphatic carbocycles. The van der Waals surface area contributed by atoms with Crippen LogP contribution in [0.1, 0.15) is 18.4 Å². The van der Waals surface area contributed by atoms with Gasteiger partial charge in [-0.05, 0) is 24.3 Å². The second-order valence-electron chi connectivity index (χ2n) is 5.75. The summed E-state index contributed by atoms with van der Waals surface area (Å²) in [6.45, 7) is 1.63. The van der Waals surface area contributed by atoms with Gasteiger partial charge in [-0.25, -0.2) is 4.79 Å². The number of rotatable bonds is 3. The third-order valence-electron chi connectivity index (χ3n) is 4.30. The molecule has 0 spiro atoms. The highest BCUT2D eigenvalue weighted by atomic mass is 16.6. The molecule has 1 aromatic rings. The molecular weight excluding hydrogens is 270 g/mol. The highest BCUT2D eigenvalue weighted by molar-refractivity contribution is 5.67. The molecule has 2 fully saturated rings. The fraction of sp³-hybridized carbons (Fsp3) is 0.562. The topological polar surface area (TPSA) is 59.0 Å². The lowest BCUT2D eigenvalue weighted by atomic mass is 9.92. The van der Waals surface area contributed by atoms with Crippen molar-refractivity contribution < 1.29 is 19.4 Å². The first-order chi connectivity index (χ1) is 10.3. The summed E-state index contributed by atoms with van der Waals surface area (Å²) >= 11 is 0. The molecule has 21 heavy (non-hydrogen) atoms. The number of benzene rings is 1. The van der Waals surface area contributed by atoms with Gasteiger partial charge in [-0.1, -0.05) is 30.3 Å². The van der Waals surface area contributed by atoms with Crippen LogP contribution in [0.25, 0.3) is 0 Å². The van der Waals surface area contributed by atoms with Gasteiger partial charge in [-0.15, -0.1) is 0 Å². The first-order valence-electron chi connectivity index (χ1n) is 7.48. The molecule has 1 aromatic carbocycles. The molecule has 2 saturated heterocycles. The van der Waals surface area contributed by atoms with E-state index in [9.17, 15) is 4.79 Å². The number of hydrogen-bond donors (Lipinski definition) is 1. The quantitative estimate of drug-likeness (QED) is 0.922. The van der Waals surface area contributed by atoms with Gasteiger partial charge in [0.25, 0.3) is 0 Å². The van der Waals surface area contributed by atoms with E-state index in [4.69, 9.17) is 14.6 Å². The average Bonchev–Trinajstić information content (AvgIpc) is 2.95. The number of piperidine rings is 1. The van der Waals surface area contributed by atoms with Crippen molar-refractivity contribution in [1.29, 1.82) is 0 Å². The molecular formula is C16H21NO4. The molecule has 2 heterocycles. The molecule has 1 amide bonds. The van der Waals surface area contributed by atoms with Crippen LogP contribution in [0.15, 0.2) is 30.3 Å². The Hall–Kier alpha value is -1.59. The van der Waals surface area contributed by atoms with E-state index in [1.54, 1.807) is 4.90 Å². The minimum absolute atomic E-state index is 0.0418. The predicted molar refractivity (Wildman–Crippen MR) is 76.7 cm³/mol. The van der Waals surface area contributed by atoms with Crippen LogP contribution in [0.2, 0.25) is 0 Å². The van der Waals surface area contributed by atoms with Crippen LogP contribution in [0.3, 0.4) is 0 Å². The lowest BCUT2D eigenvalue weighted by Gasteiger charge is -2.33. The largest absolute Gasteiger partial charge is 0.445 e. The Morgan fingerprint density at radius 1 is 1.38 bits per heavy atom. The number of nitrogens with zero attached hydrogens (tertiary/aromatic N) is 1. The van der Waals surface area contributed by atoms with Crippen LogP contribution < -0.4 is 0 Å². The average molecular weight is 291 g/mol. The predicted octanol–water partition coefficient (Wildman–Crippen LogP) is 1.79. The Balaban J connectivity index is 1.50. The van der Waals surface area contributed by atoms with Crippen molar-refractivity contribution in [3.8, 4) is 0 Å². The van der Waals surface area contributed by atoms with E-state index in [0.29, 0.717) is 25.6 Å². The molecule has 2 aliphatic heterocycles. The van der Waals surface area contributed by atoms with Crippen LogP contribution in [0.4, 0.5) is 4.79 Å². The molecule has 5 nitrogen and oxygen atoms in total. The van der Waals surface area contributed by atoms with Gasteiger partial charge in [0.05, 0.1) is 25.4 Å². The number of likely N-dealkylation sites (tertiary alicyclic amines) is 1. The molecule has 2 aliphatic rings. The monoisotopic (exact) mass is 291 g/mol. The van der Waals surface area contributed by atoms with Crippen molar-refractivity contribution in [2.24, 2.45) is 5.92 Å². The number of hydrogen-bond acceptors (Lipinski definition) is 4. The molecule has 0 aromatic heterocycles. The molecule has 0 radical (unpaired) electrons. The third kappa shape index (κ3) is 3.36. The fourth-order valence-corrected chi connectivity index (χ4v) is 3.12. The number of ether oxygens (including phenoxy) is 2. The van der Waals surface area contributed by atoms with Crippen molar-refractivity contribution >= 4 is 6.09 Å². The fourth-order valence-electron chi connectivity index (χ4n) is 3.12. The highest BCUT2D eigenvalue weighted by Crippen LogP contribution is 2.33. The van der Waals surface area contributed by atoms with Gasteiger partial charge in [0, 0.05) is 6.54 Å². The SMILES string of the molecule is O=C(OCc1ccccc1)N1CC[C@H]2CC(CO)O[C@H]2C1. The van der Waals surface area contributed by atoms with Crippen LogP contribution in [-0.2, 0) is 16.1 Å². The zero-order valence-electron chi connectivity index (χ0n) is 12.0. The maximum atomic E-state index is 12.1. The van der Waals surface area contributed by atoms with Gasteiger partial charge in [-0.3, -0.25) is 0 Å². The zero-order chi connectivity index (χ0) is 14.7. The van der Waals surface area contributed by atoms with Crippen molar-refractivity contribution in [2.75, 3.05) is 19.7 Å². The summed E-state index contributed by atoms with van der Waals surface area (Å²) in [5.41, 5.74) is 0.984. The summed E-state index contributed by atoms with van der Waals surface area (Å²) in [6.07, 6.45) is 1.50. The maximum Gasteiger partial charge on any atom is 0.410 e. The van der Waals surface area contributed by atoms with Gasteiger partial charge in [0.1, 0.15) is 6.61 Å². The van der Waals surface area contributed by atoms with E-state index in [-0.39, 0.29) is 24.9 Å². The second-order valence-corrected chi connectivity index (χ2v) is 5.75. The number of aliphatic hydroxyl groups excluding tert-OH is 1. The molecule has 0 bridgehead atoms. The molecule has 114 valence electrons. The summed E-state index contributed by atoms with van der Waals surface area (Å²) in [4.78, 5) is 13.8. The number of amides is 1. The molecule has 3 atom stereocenters. The van der Waals surface area contributed by atoms with Crippen molar-refractivity contribution in [3.63, 3.8) is 0 Å². The van der Waals surface area contributed by atoms with Crippen LogP contribution in [0.5, 0.6) is 0 Å². The Labute approximate surface area is 124 Å². The zero-order valence-corrected chi connectivity index (χ0v) is 12.0. The summed E-state index contributed by atoms with van der Waals surface area (Å²) in [7, 11) is 0. The molecule has 3 rings (SSSR count). The summed E-state index contributed by atoms with van der Waals surface area (Å²) in [5.74, 6) is 0.459. The highest BCUT2D eigenvalue weighted by Gasteiger charge is 2.40. The van der Waals surface area contributed by atoms with Gasteiger partial charge in [0.2, 0.25) is 0 Å². The van der Waals surface area contributed by atoms with Crippen molar-refractivity contribution in [2.45, 2.75) is 31.7 Å². The normalized spacial score (nSPS) is 28.2. The number of carbonyl (C=O) groups is 1.